The van der Waals surface area contributed by atoms with Crippen LogP contribution in [0.15, 0.2) is 0 Å². The summed E-state index contributed by atoms with van der Waals surface area (Å²) in [6, 6.07) is 0. The third-order valence-electron chi connectivity index (χ3n) is 1.04. The van der Waals surface area contributed by atoms with Crippen molar-refractivity contribution < 1.29 is 18.8 Å². The average Bonchev–Trinajstić information content (AvgIpc) is 1.81. The van der Waals surface area contributed by atoms with Crippen LogP contribution in [0.1, 0.15) is 13.8 Å². The van der Waals surface area contributed by atoms with Crippen LogP contribution < -0.4 is 0 Å². The van der Waals surface area contributed by atoms with E-state index in [-0.39, 0.29) is 0 Å². The number of esters is 1. The zero-order chi connectivity index (χ0) is 9.78. The van der Waals surface area contributed by atoms with Crippen LogP contribution in [0.2, 0.25) is 0 Å². The standard InChI is InChI=1S/C6H10FNO4/c1-5(9)12-4-6(2,7)3-8(10)11/h3-4H2,1-2H3. The quantitative estimate of drug-likeness (QED) is 0.359. The molecule has 5 nitrogen and oxygen atoms in total. The van der Waals surface area contributed by atoms with E-state index >= 15 is 0 Å². The van der Waals surface area contributed by atoms with E-state index in [0.29, 0.717) is 0 Å². The van der Waals surface area contributed by atoms with Gasteiger partial charge in [0.05, 0.1) is 0 Å². The minimum absolute atomic E-state index is 0.580. The van der Waals surface area contributed by atoms with Gasteiger partial charge in [0.1, 0.15) is 6.61 Å². The summed E-state index contributed by atoms with van der Waals surface area (Å²) in [5.41, 5.74) is -2.09. The van der Waals surface area contributed by atoms with Gasteiger partial charge >= 0.3 is 5.97 Å². The van der Waals surface area contributed by atoms with Gasteiger partial charge in [-0.1, -0.05) is 0 Å². The largest absolute Gasteiger partial charge is 0.462 e. The van der Waals surface area contributed by atoms with Crippen LogP contribution in [-0.4, -0.2) is 29.7 Å². The third kappa shape index (κ3) is 5.57. The number of ether oxygens (including phenoxy) is 1. The van der Waals surface area contributed by atoms with Crippen LogP contribution in [0.25, 0.3) is 0 Å². The Labute approximate surface area is 68.7 Å². The van der Waals surface area contributed by atoms with Gasteiger partial charge < -0.3 is 4.74 Å². The topological polar surface area (TPSA) is 69.4 Å². The normalized spacial score (nSPS) is 14.9. The molecule has 0 amide bonds. The van der Waals surface area contributed by atoms with Gasteiger partial charge in [-0.2, -0.15) is 0 Å². The van der Waals surface area contributed by atoms with E-state index in [4.69, 9.17) is 0 Å². The third-order valence-corrected chi connectivity index (χ3v) is 1.04. The van der Waals surface area contributed by atoms with Crippen LogP contribution in [0.3, 0.4) is 0 Å². The Hall–Kier alpha value is -1.20. The van der Waals surface area contributed by atoms with Crippen LogP contribution in [0, 0.1) is 10.1 Å². The lowest BCUT2D eigenvalue weighted by atomic mass is 10.1. The predicted molar refractivity (Wildman–Crippen MR) is 38.0 cm³/mol. The first-order valence-corrected chi connectivity index (χ1v) is 3.27. The molecule has 0 aliphatic heterocycles. The van der Waals surface area contributed by atoms with Gasteiger partial charge in [0.2, 0.25) is 12.2 Å². The van der Waals surface area contributed by atoms with Crippen LogP contribution in [-0.2, 0) is 9.53 Å². The maximum absolute atomic E-state index is 13.0. The van der Waals surface area contributed by atoms with Crippen molar-refractivity contribution >= 4 is 5.97 Å². The molecule has 0 spiro atoms. The molecule has 1 atom stereocenters. The summed E-state index contributed by atoms with van der Waals surface area (Å²) in [6.45, 7) is 0.685. The average molecular weight is 179 g/mol. The molecule has 0 aromatic rings. The van der Waals surface area contributed by atoms with Gasteiger partial charge in [-0.15, -0.1) is 0 Å². The Morgan fingerprint density at radius 1 is 1.75 bits per heavy atom. The number of hydrogen-bond donors (Lipinski definition) is 0. The molecule has 0 aliphatic carbocycles. The van der Waals surface area contributed by atoms with E-state index in [0.717, 1.165) is 13.8 Å². The number of nitro groups is 1. The molecule has 6 heteroatoms. The molecule has 0 bridgehead atoms. The van der Waals surface area contributed by atoms with Crippen molar-refractivity contribution in [1.82, 2.24) is 0 Å². The highest BCUT2D eigenvalue weighted by Crippen LogP contribution is 2.10. The second-order valence-corrected chi connectivity index (χ2v) is 2.68. The maximum Gasteiger partial charge on any atom is 0.302 e. The molecule has 0 fully saturated rings. The van der Waals surface area contributed by atoms with E-state index < -0.39 is 29.7 Å². The van der Waals surface area contributed by atoms with E-state index in [1.807, 2.05) is 0 Å². The SMILES string of the molecule is CC(=O)OCC(C)(F)C[N+](=O)[O-]. The summed E-state index contributed by atoms with van der Waals surface area (Å²) in [5, 5.41) is 9.88. The van der Waals surface area contributed by atoms with Crippen molar-refractivity contribution in [2.75, 3.05) is 13.2 Å². The van der Waals surface area contributed by atoms with Crippen molar-refractivity contribution in [2.24, 2.45) is 0 Å². The van der Waals surface area contributed by atoms with Crippen LogP contribution >= 0.6 is 0 Å². The van der Waals surface area contributed by atoms with E-state index in [1.165, 1.54) is 0 Å². The molecule has 1 unspecified atom stereocenters. The monoisotopic (exact) mass is 179 g/mol. The van der Waals surface area contributed by atoms with E-state index in [1.54, 1.807) is 0 Å². The lowest BCUT2D eigenvalue weighted by Gasteiger charge is -2.14. The molecule has 0 rings (SSSR count). The molecule has 70 valence electrons. The van der Waals surface area contributed by atoms with Gasteiger partial charge in [0.15, 0.2) is 0 Å². The fraction of sp³-hybridized carbons (Fsp3) is 0.833. The molecule has 0 aliphatic rings. The Bertz CT molecular complexity index is 192. The van der Waals surface area contributed by atoms with Gasteiger partial charge in [-0.25, -0.2) is 4.39 Å². The minimum atomic E-state index is -2.09. The minimum Gasteiger partial charge on any atom is -0.462 e. The molecule has 0 radical (unpaired) electrons. The van der Waals surface area contributed by atoms with Gasteiger partial charge in [-0.05, 0) is 6.92 Å². The van der Waals surface area contributed by atoms with Gasteiger partial charge in [0, 0.05) is 11.8 Å². The first-order chi connectivity index (χ1) is 5.33. The smallest absolute Gasteiger partial charge is 0.302 e. The summed E-state index contributed by atoms with van der Waals surface area (Å²) in [4.78, 5) is 19.3. The van der Waals surface area contributed by atoms with Crippen molar-refractivity contribution in [2.45, 2.75) is 19.5 Å². The van der Waals surface area contributed by atoms with Gasteiger partial charge in [0.25, 0.3) is 0 Å². The number of carbonyl (C=O) groups is 1. The summed E-state index contributed by atoms with van der Waals surface area (Å²) in [7, 11) is 0. The summed E-state index contributed by atoms with van der Waals surface area (Å²) in [6.07, 6.45) is 0. The number of hydrogen-bond acceptors (Lipinski definition) is 4. The number of alkyl halides is 1. The fourth-order valence-electron chi connectivity index (χ4n) is 0.567. The second-order valence-electron chi connectivity index (χ2n) is 2.68. The lowest BCUT2D eigenvalue weighted by molar-refractivity contribution is -0.496. The number of halogens is 1. The van der Waals surface area contributed by atoms with Crippen LogP contribution in [0.4, 0.5) is 4.39 Å². The van der Waals surface area contributed by atoms with Crippen molar-refractivity contribution in [3.63, 3.8) is 0 Å². The number of rotatable bonds is 4. The Morgan fingerprint density at radius 3 is 2.58 bits per heavy atom. The molecule has 0 saturated carbocycles. The van der Waals surface area contributed by atoms with Crippen molar-refractivity contribution in [3.8, 4) is 0 Å². The Kier molecular flexibility index (Phi) is 3.59. The molecule has 0 saturated heterocycles. The Morgan fingerprint density at radius 2 is 2.25 bits per heavy atom. The highest BCUT2D eigenvalue weighted by molar-refractivity contribution is 5.65. The summed E-state index contributed by atoms with van der Waals surface area (Å²) in [5.74, 6) is -0.651. The summed E-state index contributed by atoms with van der Waals surface area (Å²) >= 11 is 0. The maximum atomic E-state index is 13.0. The first-order valence-electron chi connectivity index (χ1n) is 3.27. The molecule has 12 heavy (non-hydrogen) atoms. The molecule has 0 aromatic carbocycles. The second kappa shape index (κ2) is 3.99. The first kappa shape index (κ1) is 10.8. The van der Waals surface area contributed by atoms with Crippen molar-refractivity contribution in [3.05, 3.63) is 10.1 Å². The van der Waals surface area contributed by atoms with E-state index in [9.17, 15) is 19.3 Å². The zero-order valence-corrected chi connectivity index (χ0v) is 6.87. The molecular formula is C6H10FNO4. The van der Waals surface area contributed by atoms with Crippen molar-refractivity contribution in [1.29, 1.82) is 0 Å². The lowest BCUT2D eigenvalue weighted by Crippen LogP contribution is -2.34. The Balaban J connectivity index is 3.86. The zero-order valence-electron chi connectivity index (χ0n) is 6.87. The molecule has 0 aromatic heterocycles. The molecular weight excluding hydrogens is 169 g/mol. The number of nitrogens with zero attached hydrogens (tertiary/aromatic N) is 1. The highest BCUT2D eigenvalue weighted by Gasteiger charge is 2.31. The molecule has 0 heterocycles. The fourth-order valence-corrected chi connectivity index (χ4v) is 0.567. The molecule has 0 N–H and O–H groups in total. The van der Waals surface area contributed by atoms with Gasteiger partial charge in [-0.3, -0.25) is 14.9 Å². The predicted octanol–water partition coefficient (Wildman–Crippen LogP) is 0.554. The number of carbonyl (C=O) groups excluding carboxylic acids is 1. The summed E-state index contributed by atoms with van der Waals surface area (Å²) < 4.78 is 17.3. The highest BCUT2D eigenvalue weighted by atomic mass is 19.1. The van der Waals surface area contributed by atoms with Crippen LogP contribution in [0.5, 0.6) is 0 Å². The van der Waals surface area contributed by atoms with E-state index in [2.05, 4.69) is 4.74 Å².